The molecule has 0 aromatic carbocycles. The lowest BCUT2D eigenvalue weighted by molar-refractivity contribution is 0.160. The van der Waals surface area contributed by atoms with Crippen LogP contribution in [0.5, 0.6) is 0 Å². The largest absolute Gasteiger partial charge is 0.353 e. The fourth-order valence-electron chi connectivity index (χ4n) is 2.58. The van der Waals surface area contributed by atoms with E-state index < -0.39 is 7.60 Å². The van der Waals surface area contributed by atoms with Crippen LogP contribution in [0, 0.1) is 11.8 Å². The van der Waals surface area contributed by atoms with Gasteiger partial charge in [-0.05, 0) is 50.4 Å². The molecule has 0 aromatic rings. The lowest BCUT2D eigenvalue weighted by atomic mass is 9.96. The van der Waals surface area contributed by atoms with Crippen LogP contribution in [0.2, 0.25) is 0 Å². The Hall–Kier alpha value is -0.630. The van der Waals surface area contributed by atoms with Gasteiger partial charge in [0.2, 0.25) is 0 Å². The Labute approximate surface area is 122 Å². The van der Waals surface area contributed by atoms with Gasteiger partial charge in [0.25, 0.3) is 0 Å². The fraction of sp³-hybridized carbons (Fsp3) is 0.625. The third-order valence-electron chi connectivity index (χ3n) is 3.96. The normalized spacial score (nSPS) is 29.0. The van der Waals surface area contributed by atoms with Crippen molar-refractivity contribution in [1.29, 1.82) is 0 Å². The standard InChI is InChI=1S/C16H25O3P/c1-2-20(17,18-13-15-9-5-3-6-10-15)19-14-16-11-7-4-8-12-16/h2-5,7,15-16H,1,6,8-14H2. The summed E-state index contributed by atoms with van der Waals surface area (Å²) in [5.74, 6) is 2.26. The average Bonchev–Trinajstić information content (AvgIpc) is 2.53. The van der Waals surface area contributed by atoms with Gasteiger partial charge < -0.3 is 9.05 Å². The van der Waals surface area contributed by atoms with E-state index in [2.05, 4.69) is 30.9 Å². The van der Waals surface area contributed by atoms with Crippen molar-refractivity contribution in [2.75, 3.05) is 13.2 Å². The lowest BCUT2D eigenvalue weighted by Crippen LogP contribution is -2.13. The van der Waals surface area contributed by atoms with E-state index in [4.69, 9.17) is 9.05 Å². The van der Waals surface area contributed by atoms with Crippen LogP contribution < -0.4 is 0 Å². The maximum atomic E-state index is 12.5. The zero-order valence-electron chi connectivity index (χ0n) is 12.1. The maximum absolute atomic E-state index is 12.5. The minimum atomic E-state index is -3.12. The van der Waals surface area contributed by atoms with Gasteiger partial charge in [0.15, 0.2) is 0 Å². The third kappa shape index (κ3) is 5.05. The highest BCUT2D eigenvalue weighted by Gasteiger charge is 2.24. The lowest BCUT2D eigenvalue weighted by Gasteiger charge is -2.23. The molecule has 0 heterocycles. The number of hydrogen-bond acceptors (Lipinski definition) is 3. The predicted octanol–water partition coefficient (Wildman–Crippen LogP) is 5.07. The van der Waals surface area contributed by atoms with Crippen LogP contribution in [0.4, 0.5) is 0 Å². The first-order valence-electron chi connectivity index (χ1n) is 7.54. The highest BCUT2D eigenvalue weighted by Crippen LogP contribution is 2.50. The molecule has 0 saturated carbocycles. The second kappa shape index (κ2) is 7.97. The summed E-state index contributed by atoms with van der Waals surface area (Å²) in [4.78, 5) is 0. The summed E-state index contributed by atoms with van der Waals surface area (Å²) in [7, 11) is -3.12. The average molecular weight is 296 g/mol. The molecule has 2 atom stereocenters. The Kier molecular flexibility index (Phi) is 6.28. The Bertz CT molecular complexity index is 382. The molecule has 0 aromatic heterocycles. The van der Waals surface area contributed by atoms with Crippen molar-refractivity contribution in [3.8, 4) is 0 Å². The molecule has 0 N–H and O–H groups in total. The predicted molar refractivity (Wildman–Crippen MR) is 82.7 cm³/mol. The van der Waals surface area contributed by atoms with Crippen LogP contribution in [0.15, 0.2) is 36.7 Å². The van der Waals surface area contributed by atoms with Crippen molar-refractivity contribution in [3.63, 3.8) is 0 Å². The maximum Gasteiger partial charge on any atom is 0.353 e. The van der Waals surface area contributed by atoms with Crippen molar-refractivity contribution < 1.29 is 13.6 Å². The molecular formula is C16H25O3P. The molecule has 0 fully saturated rings. The summed E-state index contributed by atoms with van der Waals surface area (Å²) in [6.45, 7) is 4.62. The molecule has 4 heteroatoms. The summed E-state index contributed by atoms with van der Waals surface area (Å²) in [6, 6.07) is 0. The summed E-state index contributed by atoms with van der Waals surface area (Å²) < 4.78 is 23.6. The molecule has 3 nitrogen and oxygen atoms in total. The van der Waals surface area contributed by atoms with E-state index in [-0.39, 0.29) is 0 Å². The topological polar surface area (TPSA) is 35.5 Å². The van der Waals surface area contributed by atoms with Gasteiger partial charge in [-0.1, -0.05) is 30.9 Å². The van der Waals surface area contributed by atoms with Gasteiger partial charge in [0.05, 0.1) is 13.2 Å². The Morgan fingerprint density at radius 3 is 1.85 bits per heavy atom. The highest BCUT2D eigenvalue weighted by atomic mass is 31.2. The first-order chi connectivity index (χ1) is 9.72. The van der Waals surface area contributed by atoms with Gasteiger partial charge in [-0.25, -0.2) is 0 Å². The summed E-state index contributed by atoms with van der Waals surface area (Å²) >= 11 is 0. The molecule has 2 unspecified atom stereocenters. The van der Waals surface area contributed by atoms with Crippen LogP contribution in [-0.2, 0) is 13.6 Å². The highest BCUT2D eigenvalue weighted by molar-refractivity contribution is 7.57. The minimum Gasteiger partial charge on any atom is -0.305 e. The Balaban J connectivity index is 1.75. The molecule has 0 aliphatic heterocycles. The van der Waals surface area contributed by atoms with Gasteiger partial charge >= 0.3 is 7.60 Å². The van der Waals surface area contributed by atoms with Crippen LogP contribution in [-0.4, -0.2) is 13.2 Å². The number of allylic oxidation sites excluding steroid dienone is 4. The number of hydrogen-bond donors (Lipinski definition) is 0. The summed E-state index contributed by atoms with van der Waals surface area (Å²) in [5, 5.41) is 0. The van der Waals surface area contributed by atoms with E-state index in [1.807, 2.05) is 0 Å². The van der Waals surface area contributed by atoms with Gasteiger partial charge in [-0.3, -0.25) is 4.57 Å². The monoisotopic (exact) mass is 296 g/mol. The molecule has 0 saturated heterocycles. The van der Waals surface area contributed by atoms with Crippen LogP contribution in [0.3, 0.4) is 0 Å². The van der Waals surface area contributed by atoms with E-state index in [1.165, 1.54) is 5.82 Å². The molecule has 2 rings (SSSR count). The molecule has 0 spiro atoms. The van der Waals surface area contributed by atoms with E-state index >= 15 is 0 Å². The van der Waals surface area contributed by atoms with Gasteiger partial charge in [0.1, 0.15) is 0 Å². The molecule has 2 aliphatic rings. The third-order valence-corrected chi connectivity index (χ3v) is 5.42. The molecule has 0 amide bonds. The van der Waals surface area contributed by atoms with Crippen LogP contribution >= 0.6 is 7.60 Å². The Morgan fingerprint density at radius 1 is 1.00 bits per heavy atom. The quantitative estimate of drug-likeness (QED) is 0.486. The van der Waals surface area contributed by atoms with E-state index in [0.29, 0.717) is 25.0 Å². The summed E-state index contributed by atoms with van der Waals surface area (Å²) in [6.07, 6.45) is 15.1. The van der Waals surface area contributed by atoms with Crippen molar-refractivity contribution in [3.05, 3.63) is 36.7 Å². The SMILES string of the molecule is C=CP(=O)(OCC1CC=CCC1)OCC1CC=CCC1. The molecule has 0 bridgehead atoms. The molecular weight excluding hydrogens is 271 g/mol. The van der Waals surface area contributed by atoms with E-state index in [1.54, 1.807) is 0 Å². The summed E-state index contributed by atoms with van der Waals surface area (Å²) in [5.41, 5.74) is 0. The molecule has 2 aliphatic carbocycles. The Morgan fingerprint density at radius 2 is 1.50 bits per heavy atom. The molecule has 0 radical (unpaired) electrons. The van der Waals surface area contributed by atoms with Gasteiger partial charge in [0, 0.05) is 5.82 Å². The first kappa shape index (κ1) is 15.8. The van der Waals surface area contributed by atoms with E-state index in [9.17, 15) is 4.57 Å². The van der Waals surface area contributed by atoms with Crippen molar-refractivity contribution >= 4 is 7.60 Å². The number of rotatable bonds is 7. The van der Waals surface area contributed by atoms with E-state index in [0.717, 1.165) is 38.5 Å². The van der Waals surface area contributed by atoms with Crippen LogP contribution in [0.25, 0.3) is 0 Å². The second-order valence-corrected chi connectivity index (χ2v) is 7.58. The zero-order chi connectivity index (χ0) is 14.3. The van der Waals surface area contributed by atoms with Gasteiger partial charge in [-0.2, -0.15) is 0 Å². The van der Waals surface area contributed by atoms with Crippen molar-refractivity contribution in [1.82, 2.24) is 0 Å². The van der Waals surface area contributed by atoms with Crippen LogP contribution in [0.1, 0.15) is 38.5 Å². The second-order valence-electron chi connectivity index (χ2n) is 5.61. The van der Waals surface area contributed by atoms with Crippen molar-refractivity contribution in [2.45, 2.75) is 38.5 Å². The van der Waals surface area contributed by atoms with Gasteiger partial charge in [-0.15, -0.1) is 0 Å². The smallest absolute Gasteiger partial charge is 0.305 e. The molecule has 20 heavy (non-hydrogen) atoms. The first-order valence-corrected chi connectivity index (χ1v) is 9.15. The van der Waals surface area contributed by atoms with Crippen molar-refractivity contribution in [2.24, 2.45) is 11.8 Å². The zero-order valence-corrected chi connectivity index (χ0v) is 13.0. The fourth-order valence-corrected chi connectivity index (χ4v) is 3.70. The minimum absolute atomic E-state index is 0.453. The molecule has 112 valence electrons.